The predicted octanol–water partition coefficient (Wildman–Crippen LogP) is 5.63. The second kappa shape index (κ2) is 8.92. The number of nitrogens with one attached hydrogen (secondary N) is 3. The fraction of sp³-hybridized carbons (Fsp3) is 0.286. The van der Waals surface area contributed by atoms with Crippen LogP contribution in [-0.2, 0) is 0 Å². The van der Waals surface area contributed by atoms with Crippen LogP contribution < -0.4 is 16.0 Å². The Kier molecular flexibility index (Phi) is 6.10. The van der Waals surface area contributed by atoms with Crippen molar-refractivity contribution in [3.63, 3.8) is 0 Å². The summed E-state index contributed by atoms with van der Waals surface area (Å²) in [6, 6.07) is 17.0. The molecule has 0 aromatic heterocycles. The summed E-state index contributed by atoms with van der Waals surface area (Å²) in [5, 5.41) is 9.09. The molecule has 3 rings (SSSR count). The third-order valence-electron chi connectivity index (χ3n) is 4.33. The summed E-state index contributed by atoms with van der Waals surface area (Å²) in [5.41, 5.74) is 4.20. The van der Waals surface area contributed by atoms with Gasteiger partial charge in [-0.25, -0.2) is 4.79 Å². The molecule has 25 heavy (non-hydrogen) atoms. The molecule has 0 saturated carbocycles. The average Bonchev–Trinajstić information content (AvgIpc) is 2.65. The Morgan fingerprint density at radius 3 is 2.20 bits per heavy atom. The van der Waals surface area contributed by atoms with Crippen LogP contribution in [0.3, 0.4) is 0 Å². The molecule has 4 heteroatoms. The highest BCUT2D eigenvalue weighted by atomic mass is 16.2. The Bertz CT molecular complexity index is 708. The van der Waals surface area contributed by atoms with E-state index in [0.29, 0.717) is 0 Å². The summed E-state index contributed by atoms with van der Waals surface area (Å²) in [7, 11) is 0. The van der Waals surface area contributed by atoms with Crippen molar-refractivity contribution < 1.29 is 4.79 Å². The highest BCUT2D eigenvalue weighted by Gasteiger charge is 2.04. The molecule has 0 radical (unpaired) electrons. The molecule has 0 bridgehead atoms. The highest BCUT2D eigenvalue weighted by molar-refractivity contribution is 5.99. The van der Waals surface area contributed by atoms with Gasteiger partial charge in [-0.1, -0.05) is 29.8 Å². The zero-order valence-electron chi connectivity index (χ0n) is 14.4. The monoisotopic (exact) mass is 335 g/mol. The molecule has 0 unspecified atom stereocenters. The second-order valence-corrected chi connectivity index (χ2v) is 6.31. The molecule has 4 nitrogen and oxygen atoms in total. The van der Waals surface area contributed by atoms with E-state index < -0.39 is 0 Å². The van der Waals surface area contributed by atoms with Crippen molar-refractivity contribution in [3.05, 3.63) is 66.2 Å². The second-order valence-electron chi connectivity index (χ2n) is 6.31. The first-order valence-electron chi connectivity index (χ1n) is 8.94. The number of allylic oxidation sites excluding steroid dienone is 1. The van der Waals surface area contributed by atoms with Gasteiger partial charge in [-0.15, -0.1) is 0 Å². The molecule has 0 heterocycles. The topological polar surface area (TPSA) is 53.2 Å². The van der Waals surface area contributed by atoms with Crippen LogP contribution in [0.4, 0.5) is 21.9 Å². The van der Waals surface area contributed by atoms with Crippen LogP contribution in [0.25, 0.3) is 0 Å². The van der Waals surface area contributed by atoms with Crippen LogP contribution in [0, 0.1) is 0 Å². The minimum absolute atomic E-state index is 0.240. The molecule has 0 aliphatic heterocycles. The molecular formula is C21H25N3O. The highest BCUT2D eigenvalue weighted by Crippen LogP contribution is 2.20. The van der Waals surface area contributed by atoms with Crippen molar-refractivity contribution in [1.82, 2.24) is 0 Å². The van der Waals surface area contributed by atoms with E-state index in [1.165, 1.54) is 25.7 Å². The van der Waals surface area contributed by atoms with Gasteiger partial charge in [-0.2, -0.15) is 0 Å². The zero-order chi connectivity index (χ0) is 17.3. The van der Waals surface area contributed by atoms with Crippen molar-refractivity contribution in [3.8, 4) is 0 Å². The molecule has 0 saturated heterocycles. The lowest BCUT2D eigenvalue weighted by molar-refractivity contribution is 0.262. The number of rotatable bonds is 6. The van der Waals surface area contributed by atoms with E-state index in [-0.39, 0.29) is 6.03 Å². The average molecular weight is 335 g/mol. The lowest BCUT2D eigenvalue weighted by Crippen LogP contribution is -2.19. The van der Waals surface area contributed by atoms with E-state index in [0.717, 1.165) is 30.0 Å². The van der Waals surface area contributed by atoms with Crippen molar-refractivity contribution >= 4 is 23.1 Å². The SMILES string of the molecule is O=C(Nc1ccccc1)Nc1ccc(NCCC2=CCCCC2)cc1. The maximum atomic E-state index is 12.0. The number of anilines is 3. The molecular weight excluding hydrogens is 310 g/mol. The number of hydrogen-bond acceptors (Lipinski definition) is 2. The molecule has 2 amide bonds. The van der Waals surface area contributed by atoms with E-state index in [1.54, 1.807) is 5.57 Å². The van der Waals surface area contributed by atoms with Gasteiger partial charge >= 0.3 is 6.03 Å². The van der Waals surface area contributed by atoms with Crippen LogP contribution in [0.1, 0.15) is 32.1 Å². The van der Waals surface area contributed by atoms with Crippen LogP contribution in [0.2, 0.25) is 0 Å². The largest absolute Gasteiger partial charge is 0.385 e. The molecule has 2 aromatic carbocycles. The third kappa shape index (κ3) is 5.68. The van der Waals surface area contributed by atoms with Gasteiger partial charge in [0.15, 0.2) is 0 Å². The minimum atomic E-state index is -0.240. The molecule has 1 aliphatic carbocycles. The Labute approximate surface area is 149 Å². The van der Waals surface area contributed by atoms with Gasteiger partial charge in [0.25, 0.3) is 0 Å². The van der Waals surface area contributed by atoms with E-state index in [4.69, 9.17) is 0 Å². The summed E-state index contributed by atoms with van der Waals surface area (Å²) < 4.78 is 0. The summed E-state index contributed by atoms with van der Waals surface area (Å²) in [4.78, 5) is 12.0. The summed E-state index contributed by atoms with van der Waals surface area (Å²) in [5.74, 6) is 0. The van der Waals surface area contributed by atoms with Gasteiger partial charge in [0, 0.05) is 23.6 Å². The normalized spacial score (nSPS) is 13.7. The van der Waals surface area contributed by atoms with E-state index >= 15 is 0 Å². The molecule has 130 valence electrons. The Morgan fingerprint density at radius 1 is 0.840 bits per heavy atom. The zero-order valence-corrected chi connectivity index (χ0v) is 14.4. The van der Waals surface area contributed by atoms with Gasteiger partial charge < -0.3 is 16.0 Å². The first kappa shape index (κ1) is 17.1. The van der Waals surface area contributed by atoms with Crippen molar-refractivity contribution in [2.24, 2.45) is 0 Å². The first-order chi connectivity index (χ1) is 12.3. The Morgan fingerprint density at radius 2 is 1.52 bits per heavy atom. The van der Waals surface area contributed by atoms with Gasteiger partial charge in [-0.3, -0.25) is 0 Å². The summed E-state index contributed by atoms with van der Waals surface area (Å²) in [6.07, 6.45) is 8.66. The number of carbonyl (C=O) groups is 1. The molecule has 0 spiro atoms. The van der Waals surface area contributed by atoms with Crippen molar-refractivity contribution in [1.29, 1.82) is 0 Å². The number of benzene rings is 2. The molecule has 0 fully saturated rings. The lowest BCUT2D eigenvalue weighted by atomic mass is 9.97. The molecule has 1 aliphatic rings. The maximum absolute atomic E-state index is 12.0. The molecule has 3 N–H and O–H groups in total. The van der Waals surface area contributed by atoms with E-state index in [2.05, 4.69) is 22.0 Å². The fourth-order valence-corrected chi connectivity index (χ4v) is 2.99. The number of hydrogen-bond donors (Lipinski definition) is 3. The number of carbonyl (C=O) groups excluding carboxylic acids is 1. The Balaban J connectivity index is 1.43. The molecule has 2 aromatic rings. The fourth-order valence-electron chi connectivity index (χ4n) is 2.99. The quantitative estimate of drug-likeness (QED) is 0.599. The van der Waals surface area contributed by atoms with Crippen molar-refractivity contribution in [2.45, 2.75) is 32.1 Å². The van der Waals surface area contributed by atoms with Crippen LogP contribution in [0.15, 0.2) is 66.2 Å². The van der Waals surface area contributed by atoms with Crippen LogP contribution >= 0.6 is 0 Å². The van der Waals surface area contributed by atoms with Crippen LogP contribution in [-0.4, -0.2) is 12.6 Å². The van der Waals surface area contributed by atoms with E-state index in [1.807, 2.05) is 54.6 Å². The number of para-hydroxylation sites is 1. The minimum Gasteiger partial charge on any atom is -0.385 e. The van der Waals surface area contributed by atoms with Gasteiger partial charge in [-0.05, 0) is 68.5 Å². The number of urea groups is 1. The summed E-state index contributed by atoms with van der Waals surface area (Å²) in [6.45, 7) is 0.951. The lowest BCUT2D eigenvalue weighted by Gasteiger charge is -2.13. The summed E-state index contributed by atoms with van der Waals surface area (Å²) >= 11 is 0. The van der Waals surface area contributed by atoms with Gasteiger partial charge in [0.05, 0.1) is 0 Å². The predicted molar refractivity (Wildman–Crippen MR) is 105 cm³/mol. The smallest absolute Gasteiger partial charge is 0.323 e. The third-order valence-corrected chi connectivity index (χ3v) is 4.33. The van der Waals surface area contributed by atoms with Gasteiger partial charge in [0.2, 0.25) is 0 Å². The standard InChI is InChI=1S/C21H25N3O/c25-21(23-19-9-5-2-6-10-19)24-20-13-11-18(12-14-20)22-16-15-17-7-3-1-4-8-17/h2,5-7,9-14,22H,1,3-4,8,15-16H2,(H2,23,24,25). The van der Waals surface area contributed by atoms with Crippen LogP contribution in [0.5, 0.6) is 0 Å². The first-order valence-corrected chi connectivity index (χ1v) is 8.94. The molecule has 0 atom stereocenters. The van der Waals surface area contributed by atoms with E-state index in [9.17, 15) is 4.79 Å². The van der Waals surface area contributed by atoms with Gasteiger partial charge in [0.1, 0.15) is 0 Å². The Hall–Kier alpha value is -2.75. The number of amides is 2. The van der Waals surface area contributed by atoms with Crippen molar-refractivity contribution in [2.75, 3.05) is 22.5 Å². The maximum Gasteiger partial charge on any atom is 0.323 e.